The van der Waals surface area contributed by atoms with Crippen molar-refractivity contribution in [2.24, 2.45) is 0 Å². The van der Waals surface area contributed by atoms with Gasteiger partial charge in [-0.05, 0) is 42.0 Å². The van der Waals surface area contributed by atoms with Gasteiger partial charge in [0.25, 0.3) is 0 Å². The summed E-state index contributed by atoms with van der Waals surface area (Å²) in [4.78, 5) is 9.50. The normalized spacial score (nSPS) is 15.6. The molecule has 0 bridgehead atoms. The number of pyridine rings is 1. The van der Waals surface area contributed by atoms with Crippen molar-refractivity contribution in [2.75, 3.05) is 40.4 Å². The third-order valence-electron chi connectivity index (χ3n) is 5.49. The number of fused-ring (bicyclic) bond motifs is 1. The Morgan fingerprint density at radius 2 is 1.62 bits per heavy atom. The van der Waals surface area contributed by atoms with Gasteiger partial charge in [-0.3, -0.25) is 14.8 Å². The number of hydrogen-bond acceptors (Lipinski definition) is 5. The first kappa shape index (κ1) is 20.0. The molecule has 2 aromatic carbocycles. The number of benzene rings is 2. The van der Waals surface area contributed by atoms with Crippen molar-refractivity contribution >= 4 is 22.5 Å². The van der Waals surface area contributed by atoms with Gasteiger partial charge in [-0.25, -0.2) is 0 Å². The minimum absolute atomic E-state index is 0.768. The van der Waals surface area contributed by atoms with E-state index in [-0.39, 0.29) is 0 Å². The zero-order chi connectivity index (χ0) is 20.2. The summed E-state index contributed by atoms with van der Waals surface area (Å²) in [6.45, 7) is 5.75. The number of aromatic nitrogens is 1. The van der Waals surface area contributed by atoms with Crippen molar-refractivity contribution < 1.29 is 9.47 Å². The number of halogens is 1. The van der Waals surface area contributed by atoms with Crippen LogP contribution in [0.4, 0.5) is 0 Å². The predicted octanol–water partition coefficient (Wildman–Crippen LogP) is 4.22. The van der Waals surface area contributed by atoms with Gasteiger partial charge in [-0.1, -0.05) is 17.7 Å². The molecule has 0 aliphatic carbocycles. The smallest absolute Gasteiger partial charge is 0.123 e. The van der Waals surface area contributed by atoms with Gasteiger partial charge in [-0.15, -0.1) is 0 Å². The van der Waals surface area contributed by atoms with Gasteiger partial charge in [0, 0.05) is 61.4 Å². The van der Waals surface area contributed by atoms with Gasteiger partial charge in [-0.2, -0.15) is 0 Å². The van der Waals surface area contributed by atoms with Crippen LogP contribution in [0.3, 0.4) is 0 Å². The summed E-state index contributed by atoms with van der Waals surface area (Å²) in [7, 11) is 3.41. The van der Waals surface area contributed by atoms with Crippen LogP contribution in [0.2, 0.25) is 5.02 Å². The standard InChI is InChI=1S/C23H26ClN3O2/c1-28-21-5-6-22(29-2)18(14-21)15-26-8-10-27(11-9-26)16-19-13-20(24)12-17-4-3-7-25-23(17)19/h3-7,12-14H,8-11,15-16H2,1-2H3. The average Bonchev–Trinajstić information content (AvgIpc) is 2.75. The van der Waals surface area contributed by atoms with Crippen molar-refractivity contribution in [1.82, 2.24) is 14.8 Å². The van der Waals surface area contributed by atoms with E-state index in [0.29, 0.717) is 0 Å². The van der Waals surface area contributed by atoms with E-state index in [1.165, 1.54) is 5.56 Å². The highest BCUT2D eigenvalue weighted by molar-refractivity contribution is 6.31. The van der Waals surface area contributed by atoms with E-state index in [1.54, 1.807) is 14.2 Å². The van der Waals surface area contributed by atoms with Crippen molar-refractivity contribution in [3.63, 3.8) is 0 Å². The van der Waals surface area contributed by atoms with Gasteiger partial charge >= 0.3 is 0 Å². The first-order valence-corrected chi connectivity index (χ1v) is 10.2. The molecule has 29 heavy (non-hydrogen) atoms. The van der Waals surface area contributed by atoms with Crippen LogP contribution >= 0.6 is 11.6 Å². The number of piperazine rings is 1. The highest BCUT2D eigenvalue weighted by Crippen LogP contribution is 2.27. The minimum Gasteiger partial charge on any atom is -0.497 e. The van der Waals surface area contributed by atoms with Crippen LogP contribution in [0.25, 0.3) is 10.9 Å². The number of nitrogens with zero attached hydrogens (tertiary/aromatic N) is 3. The molecule has 6 heteroatoms. The molecule has 0 unspecified atom stereocenters. The summed E-state index contributed by atoms with van der Waals surface area (Å²) in [6.07, 6.45) is 1.85. The minimum atomic E-state index is 0.768. The molecular weight excluding hydrogens is 386 g/mol. The molecule has 0 N–H and O–H groups in total. The first-order valence-electron chi connectivity index (χ1n) is 9.85. The molecule has 4 rings (SSSR count). The van der Waals surface area contributed by atoms with Crippen LogP contribution in [0.5, 0.6) is 11.5 Å². The van der Waals surface area contributed by atoms with E-state index in [9.17, 15) is 0 Å². The summed E-state index contributed by atoms with van der Waals surface area (Å²) >= 11 is 6.33. The summed E-state index contributed by atoms with van der Waals surface area (Å²) in [6, 6.07) is 14.0. The summed E-state index contributed by atoms with van der Waals surface area (Å²) in [5, 5.41) is 1.86. The van der Waals surface area contributed by atoms with Crippen LogP contribution in [-0.2, 0) is 13.1 Å². The molecule has 2 heterocycles. The molecule has 1 fully saturated rings. The molecule has 0 atom stereocenters. The van der Waals surface area contributed by atoms with Crippen molar-refractivity contribution in [2.45, 2.75) is 13.1 Å². The predicted molar refractivity (Wildman–Crippen MR) is 117 cm³/mol. The van der Waals surface area contributed by atoms with Crippen LogP contribution in [0, 0.1) is 0 Å². The first-order chi connectivity index (χ1) is 14.2. The van der Waals surface area contributed by atoms with E-state index >= 15 is 0 Å². The van der Waals surface area contributed by atoms with Gasteiger partial charge < -0.3 is 9.47 Å². The Kier molecular flexibility index (Phi) is 6.19. The number of methoxy groups -OCH3 is 2. The second-order valence-electron chi connectivity index (χ2n) is 7.37. The molecule has 1 saturated heterocycles. The van der Waals surface area contributed by atoms with Crippen LogP contribution in [-0.4, -0.2) is 55.2 Å². The second kappa shape index (κ2) is 8.99. The third-order valence-corrected chi connectivity index (χ3v) is 5.71. The van der Waals surface area contributed by atoms with Gasteiger partial charge in [0.2, 0.25) is 0 Å². The molecule has 1 aromatic heterocycles. The number of rotatable bonds is 6. The average molecular weight is 412 g/mol. The van der Waals surface area contributed by atoms with Crippen LogP contribution in [0.15, 0.2) is 48.7 Å². The second-order valence-corrected chi connectivity index (χ2v) is 7.81. The molecule has 0 radical (unpaired) electrons. The highest BCUT2D eigenvalue weighted by atomic mass is 35.5. The largest absolute Gasteiger partial charge is 0.497 e. The fourth-order valence-corrected chi connectivity index (χ4v) is 4.19. The van der Waals surface area contributed by atoms with Crippen LogP contribution in [0.1, 0.15) is 11.1 Å². The van der Waals surface area contributed by atoms with E-state index in [1.807, 2.05) is 36.5 Å². The molecule has 0 amide bonds. The maximum Gasteiger partial charge on any atom is 0.123 e. The Bertz CT molecular complexity index is 987. The lowest BCUT2D eigenvalue weighted by Crippen LogP contribution is -2.45. The molecule has 3 aromatic rings. The lowest BCUT2D eigenvalue weighted by atomic mass is 10.1. The van der Waals surface area contributed by atoms with Gasteiger partial charge in [0.05, 0.1) is 19.7 Å². The summed E-state index contributed by atoms with van der Waals surface area (Å²) in [5.74, 6) is 1.77. The van der Waals surface area contributed by atoms with Crippen LogP contribution < -0.4 is 9.47 Å². The quantitative estimate of drug-likeness (QED) is 0.607. The number of ether oxygens (including phenoxy) is 2. The zero-order valence-electron chi connectivity index (χ0n) is 16.9. The van der Waals surface area contributed by atoms with Crippen molar-refractivity contribution in [3.05, 3.63) is 64.8 Å². The van der Waals surface area contributed by atoms with Gasteiger partial charge in [0.15, 0.2) is 0 Å². The Morgan fingerprint density at radius 1 is 0.897 bits per heavy atom. The maximum absolute atomic E-state index is 6.33. The summed E-state index contributed by atoms with van der Waals surface area (Å²) in [5.41, 5.74) is 3.39. The summed E-state index contributed by atoms with van der Waals surface area (Å²) < 4.78 is 10.9. The van der Waals surface area contributed by atoms with Gasteiger partial charge in [0.1, 0.15) is 11.5 Å². The SMILES string of the molecule is COc1ccc(OC)c(CN2CCN(Cc3cc(Cl)cc4cccnc34)CC2)c1. The highest BCUT2D eigenvalue weighted by Gasteiger charge is 2.19. The third kappa shape index (κ3) is 4.64. The Morgan fingerprint density at radius 3 is 2.31 bits per heavy atom. The molecule has 0 spiro atoms. The van der Waals surface area contributed by atoms with E-state index in [4.69, 9.17) is 21.1 Å². The Labute approximate surface area is 176 Å². The van der Waals surface area contributed by atoms with E-state index < -0.39 is 0 Å². The van der Waals surface area contributed by atoms with Crippen molar-refractivity contribution in [3.8, 4) is 11.5 Å². The van der Waals surface area contributed by atoms with E-state index in [0.717, 1.165) is 72.3 Å². The molecule has 5 nitrogen and oxygen atoms in total. The number of hydrogen-bond donors (Lipinski definition) is 0. The molecule has 152 valence electrons. The lowest BCUT2D eigenvalue weighted by molar-refractivity contribution is 0.121. The molecule has 1 aliphatic rings. The van der Waals surface area contributed by atoms with E-state index in [2.05, 4.69) is 26.9 Å². The zero-order valence-corrected chi connectivity index (χ0v) is 17.7. The fraction of sp³-hybridized carbons (Fsp3) is 0.348. The Hall–Kier alpha value is -2.34. The molecular formula is C23H26ClN3O2. The van der Waals surface area contributed by atoms with Crippen molar-refractivity contribution in [1.29, 1.82) is 0 Å². The molecule has 0 saturated carbocycles. The topological polar surface area (TPSA) is 37.8 Å². The monoisotopic (exact) mass is 411 g/mol. The molecule has 1 aliphatic heterocycles. The fourth-order valence-electron chi connectivity index (χ4n) is 3.94. The maximum atomic E-state index is 6.33. The lowest BCUT2D eigenvalue weighted by Gasteiger charge is -2.35. The Balaban J connectivity index is 1.41.